The van der Waals surface area contributed by atoms with Crippen molar-refractivity contribution in [2.24, 2.45) is 5.14 Å². The second kappa shape index (κ2) is 6.21. The number of amides is 1. The van der Waals surface area contributed by atoms with E-state index in [1.807, 2.05) is 0 Å². The lowest BCUT2D eigenvalue weighted by molar-refractivity contribution is 0.0917. The van der Waals surface area contributed by atoms with Gasteiger partial charge in [0, 0.05) is 25.5 Å². The molecule has 0 unspecified atom stereocenters. The first-order valence-corrected chi connectivity index (χ1v) is 8.95. The molecule has 1 heterocycles. The maximum Gasteiger partial charge on any atom is 0.287 e. The summed E-state index contributed by atoms with van der Waals surface area (Å²) in [5.74, 6) is 0.246. The maximum absolute atomic E-state index is 12.1. The number of fused-ring (bicyclic) bond motifs is 1. The first-order chi connectivity index (χ1) is 11.3. The summed E-state index contributed by atoms with van der Waals surface area (Å²) in [6.45, 7) is 0.197. The molecule has 1 aromatic heterocycles. The van der Waals surface area contributed by atoms with Crippen molar-refractivity contribution in [1.82, 2.24) is 5.32 Å². The van der Waals surface area contributed by atoms with Crippen LogP contribution in [0, 0.1) is 0 Å². The summed E-state index contributed by atoms with van der Waals surface area (Å²) in [5.41, 5.74) is 1.20. The first-order valence-electron chi connectivity index (χ1n) is 7.40. The minimum absolute atomic E-state index is 0.00219. The first kappa shape index (κ1) is 16.4. The number of nitrogens with two attached hydrogens (primary N) is 1. The van der Waals surface area contributed by atoms with Crippen molar-refractivity contribution in [1.29, 1.82) is 0 Å². The lowest BCUT2D eigenvalue weighted by atomic mass is 9.97. The molecular weight excluding hydrogens is 332 g/mol. The lowest BCUT2D eigenvalue weighted by Gasteiger charge is -2.06. The van der Waals surface area contributed by atoms with Gasteiger partial charge >= 0.3 is 0 Å². The van der Waals surface area contributed by atoms with Crippen LogP contribution in [0.25, 0.3) is 0 Å². The predicted octanol–water partition coefficient (Wildman–Crippen LogP) is 1.38. The van der Waals surface area contributed by atoms with Gasteiger partial charge < -0.3 is 9.73 Å². The number of rotatable bonds is 4. The van der Waals surface area contributed by atoms with E-state index in [1.165, 1.54) is 18.2 Å². The largest absolute Gasteiger partial charge is 0.455 e. The zero-order valence-electron chi connectivity index (χ0n) is 12.7. The number of primary sulfonamides is 1. The molecule has 0 radical (unpaired) electrons. The quantitative estimate of drug-likeness (QED) is 0.865. The van der Waals surface area contributed by atoms with Crippen LogP contribution in [0.5, 0.6) is 0 Å². The van der Waals surface area contributed by atoms with Gasteiger partial charge in [-0.15, -0.1) is 0 Å². The van der Waals surface area contributed by atoms with E-state index in [0.717, 1.165) is 6.42 Å². The van der Waals surface area contributed by atoms with E-state index < -0.39 is 15.9 Å². The Labute approximate surface area is 138 Å². The molecule has 1 aromatic carbocycles. The van der Waals surface area contributed by atoms with Crippen LogP contribution >= 0.6 is 0 Å². The van der Waals surface area contributed by atoms with Crippen molar-refractivity contribution >= 4 is 21.7 Å². The fourth-order valence-electron chi connectivity index (χ4n) is 2.57. The third-order valence-corrected chi connectivity index (χ3v) is 4.78. The van der Waals surface area contributed by atoms with Crippen LogP contribution in [-0.2, 0) is 23.0 Å². The van der Waals surface area contributed by atoms with Crippen molar-refractivity contribution in [2.75, 3.05) is 0 Å². The Balaban J connectivity index is 1.67. The average molecular weight is 348 g/mol. The average Bonchev–Trinajstić information content (AvgIpc) is 2.98. The number of hydrogen-bond donors (Lipinski definition) is 2. The van der Waals surface area contributed by atoms with Crippen molar-refractivity contribution in [2.45, 2.75) is 30.7 Å². The fraction of sp³-hybridized carbons (Fsp3) is 0.250. The number of sulfonamides is 1. The van der Waals surface area contributed by atoms with Crippen LogP contribution in [0.4, 0.5) is 0 Å². The molecule has 3 rings (SSSR count). The van der Waals surface area contributed by atoms with Crippen molar-refractivity contribution in [3.63, 3.8) is 0 Å². The van der Waals surface area contributed by atoms with Gasteiger partial charge in [0.15, 0.2) is 11.5 Å². The molecule has 0 saturated heterocycles. The van der Waals surface area contributed by atoms with Gasteiger partial charge in [0.25, 0.3) is 5.91 Å². The highest BCUT2D eigenvalue weighted by molar-refractivity contribution is 7.89. The zero-order valence-corrected chi connectivity index (χ0v) is 13.6. The second-order valence-corrected chi connectivity index (χ2v) is 7.16. The van der Waals surface area contributed by atoms with Gasteiger partial charge in [0.05, 0.1) is 10.5 Å². The van der Waals surface area contributed by atoms with E-state index in [-0.39, 0.29) is 23.0 Å². The number of Topliss-reactive ketones (excluding diaryl/α,β-unsaturated/α-hetero) is 1. The molecule has 2 aromatic rings. The monoisotopic (exact) mass is 348 g/mol. The minimum Gasteiger partial charge on any atom is -0.455 e. The van der Waals surface area contributed by atoms with E-state index in [2.05, 4.69) is 5.32 Å². The third kappa shape index (κ3) is 3.39. The van der Waals surface area contributed by atoms with Gasteiger partial charge in [-0.2, -0.15) is 0 Å². The molecule has 7 nitrogen and oxygen atoms in total. The number of aryl methyl sites for hydroxylation is 1. The smallest absolute Gasteiger partial charge is 0.287 e. The summed E-state index contributed by atoms with van der Waals surface area (Å²) >= 11 is 0. The summed E-state index contributed by atoms with van der Waals surface area (Å²) < 4.78 is 27.8. The van der Waals surface area contributed by atoms with Crippen molar-refractivity contribution in [3.8, 4) is 0 Å². The molecule has 0 saturated carbocycles. The Bertz CT molecular complexity index is 897. The van der Waals surface area contributed by atoms with E-state index in [1.54, 1.807) is 12.1 Å². The maximum atomic E-state index is 12.1. The van der Waals surface area contributed by atoms with E-state index in [4.69, 9.17) is 9.56 Å². The van der Waals surface area contributed by atoms with E-state index in [0.29, 0.717) is 29.7 Å². The predicted molar refractivity (Wildman–Crippen MR) is 85.0 cm³/mol. The highest BCUT2D eigenvalue weighted by atomic mass is 32.2. The Hall–Kier alpha value is -2.45. The zero-order chi connectivity index (χ0) is 17.3. The summed E-state index contributed by atoms with van der Waals surface area (Å²) in [6, 6.07) is 7.37. The number of carbonyl (C=O) groups is 2. The molecule has 126 valence electrons. The SMILES string of the molecule is NS(=O)(=O)c1ccc(CNC(=O)c2cc3c(o2)CCCC3=O)cc1. The molecule has 3 N–H and O–H groups in total. The van der Waals surface area contributed by atoms with Gasteiger partial charge in [0.2, 0.25) is 10.0 Å². The fourth-order valence-corrected chi connectivity index (χ4v) is 3.09. The molecule has 0 aliphatic heterocycles. The van der Waals surface area contributed by atoms with Crippen LogP contribution in [-0.4, -0.2) is 20.1 Å². The van der Waals surface area contributed by atoms with Gasteiger partial charge in [0.1, 0.15) is 5.76 Å². The highest BCUT2D eigenvalue weighted by Gasteiger charge is 2.24. The van der Waals surface area contributed by atoms with Gasteiger partial charge in [-0.1, -0.05) is 12.1 Å². The molecule has 8 heteroatoms. The molecule has 0 fully saturated rings. The molecular formula is C16H16N2O5S. The Morgan fingerprint density at radius 3 is 2.54 bits per heavy atom. The van der Waals surface area contributed by atoms with Crippen molar-refractivity contribution in [3.05, 3.63) is 53.0 Å². The van der Waals surface area contributed by atoms with Gasteiger partial charge in [-0.25, -0.2) is 13.6 Å². The molecule has 24 heavy (non-hydrogen) atoms. The minimum atomic E-state index is -3.74. The van der Waals surface area contributed by atoms with Crippen LogP contribution in [0.2, 0.25) is 0 Å². The summed E-state index contributed by atoms with van der Waals surface area (Å²) in [4.78, 5) is 23.9. The normalized spacial score (nSPS) is 14.3. The summed E-state index contributed by atoms with van der Waals surface area (Å²) in [5, 5.41) is 7.70. The Morgan fingerprint density at radius 2 is 1.92 bits per heavy atom. The molecule has 1 aliphatic rings. The van der Waals surface area contributed by atoms with Crippen molar-refractivity contribution < 1.29 is 22.4 Å². The van der Waals surface area contributed by atoms with Crippen LogP contribution in [0.1, 0.15) is 45.1 Å². The molecule has 0 atom stereocenters. The summed E-state index contributed by atoms with van der Waals surface area (Å²) in [6.07, 6.45) is 1.87. The standard InChI is InChI=1S/C16H16N2O5S/c17-24(21,22)11-6-4-10(5-7-11)9-18-16(20)15-8-12-13(19)2-1-3-14(12)23-15/h4-8H,1-3,9H2,(H,18,20)(H2,17,21,22). The highest BCUT2D eigenvalue weighted by Crippen LogP contribution is 2.24. The molecule has 0 bridgehead atoms. The Kier molecular flexibility index (Phi) is 4.25. The van der Waals surface area contributed by atoms with E-state index in [9.17, 15) is 18.0 Å². The number of benzene rings is 1. The summed E-state index contributed by atoms with van der Waals surface area (Å²) in [7, 11) is -3.74. The molecule has 0 spiro atoms. The van der Waals surface area contributed by atoms with Gasteiger partial charge in [-0.05, 0) is 24.1 Å². The lowest BCUT2D eigenvalue weighted by Crippen LogP contribution is -2.22. The topological polar surface area (TPSA) is 119 Å². The number of ketones is 1. The van der Waals surface area contributed by atoms with Crippen LogP contribution in [0.15, 0.2) is 39.6 Å². The number of carbonyl (C=O) groups excluding carboxylic acids is 2. The molecule has 1 aliphatic carbocycles. The van der Waals surface area contributed by atoms with Crippen LogP contribution < -0.4 is 10.5 Å². The Morgan fingerprint density at radius 1 is 1.21 bits per heavy atom. The number of nitrogens with one attached hydrogen (secondary N) is 1. The van der Waals surface area contributed by atoms with Gasteiger partial charge in [-0.3, -0.25) is 9.59 Å². The second-order valence-electron chi connectivity index (χ2n) is 5.60. The van der Waals surface area contributed by atoms with E-state index >= 15 is 0 Å². The van der Waals surface area contributed by atoms with Crippen LogP contribution in [0.3, 0.4) is 0 Å². The number of hydrogen-bond acceptors (Lipinski definition) is 5. The number of furan rings is 1. The third-order valence-electron chi connectivity index (χ3n) is 3.85. The molecule has 1 amide bonds.